The lowest BCUT2D eigenvalue weighted by atomic mass is 10.1. The number of nitrogens with one attached hydrogen (secondary N) is 1. The van der Waals surface area contributed by atoms with Crippen molar-refractivity contribution in [1.29, 1.82) is 0 Å². The van der Waals surface area contributed by atoms with Crippen LogP contribution in [0.15, 0.2) is 57.8 Å². The number of thiazole rings is 1. The van der Waals surface area contributed by atoms with Crippen molar-refractivity contribution in [2.45, 2.75) is 11.3 Å². The van der Waals surface area contributed by atoms with Crippen LogP contribution in [-0.2, 0) is 6.42 Å². The van der Waals surface area contributed by atoms with Gasteiger partial charge in [-0.05, 0) is 36.1 Å². The van der Waals surface area contributed by atoms with Gasteiger partial charge in [-0.1, -0.05) is 29.4 Å². The Hall–Kier alpha value is -2.71. The molecule has 130 valence electrons. The first-order valence-corrected chi connectivity index (χ1v) is 9.87. The second-order valence-electron chi connectivity index (χ2n) is 5.47. The summed E-state index contributed by atoms with van der Waals surface area (Å²) in [5.41, 5.74) is 1.86. The Morgan fingerprint density at radius 2 is 1.96 bits per heavy atom. The molecule has 2 aromatic heterocycles. The summed E-state index contributed by atoms with van der Waals surface area (Å²) >= 11 is 3.01. The van der Waals surface area contributed by atoms with Gasteiger partial charge in [-0.15, -0.1) is 28.2 Å². The van der Waals surface area contributed by atoms with Crippen LogP contribution in [0.4, 0.5) is 6.01 Å². The van der Waals surface area contributed by atoms with Crippen LogP contribution in [0.2, 0.25) is 0 Å². The largest absolute Gasteiger partial charge is 0.407 e. The Labute approximate surface area is 157 Å². The van der Waals surface area contributed by atoms with Crippen LogP contribution in [0, 0.1) is 0 Å². The number of nitrogens with zero attached hydrogens (tertiary/aromatic N) is 3. The second kappa shape index (κ2) is 7.27. The summed E-state index contributed by atoms with van der Waals surface area (Å²) in [5.74, 6) is 0.0900. The van der Waals surface area contributed by atoms with E-state index in [1.807, 2.05) is 54.8 Å². The number of hydrogen-bond acceptors (Lipinski definition) is 7. The van der Waals surface area contributed by atoms with Gasteiger partial charge in [0.25, 0.3) is 5.91 Å². The van der Waals surface area contributed by atoms with Gasteiger partial charge in [-0.3, -0.25) is 10.1 Å². The van der Waals surface area contributed by atoms with Crippen molar-refractivity contribution >= 4 is 45.2 Å². The Bertz CT molecular complexity index is 1020. The molecule has 0 spiro atoms. The van der Waals surface area contributed by atoms with Crippen LogP contribution in [0.5, 0.6) is 0 Å². The Balaban J connectivity index is 1.44. The highest BCUT2D eigenvalue weighted by Gasteiger charge is 2.15. The summed E-state index contributed by atoms with van der Waals surface area (Å²) < 4.78 is 6.48. The maximum absolute atomic E-state index is 12.3. The molecule has 0 fully saturated rings. The van der Waals surface area contributed by atoms with Gasteiger partial charge in [0.05, 0.1) is 16.6 Å². The predicted octanol–water partition coefficient (Wildman–Crippen LogP) is 4.24. The van der Waals surface area contributed by atoms with E-state index in [9.17, 15) is 4.79 Å². The molecule has 26 heavy (non-hydrogen) atoms. The summed E-state index contributed by atoms with van der Waals surface area (Å²) in [4.78, 5) is 17.8. The van der Waals surface area contributed by atoms with Gasteiger partial charge in [-0.25, -0.2) is 4.98 Å². The van der Waals surface area contributed by atoms with Crippen LogP contribution in [0.3, 0.4) is 0 Å². The van der Waals surface area contributed by atoms with Crippen molar-refractivity contribution in [2.24, 2.45) is 0 Å². The molecule has 2 aromatic carbocycles. The zero-order valence-corrected chi connectivity index (χ0v) is 15.4. The van der Waals surface area contributed by atoms with E-state index in [1.165, 1.54) is 16.2 Å². The van der Waals surface area contributed by atoms with Gasteiger partial charge < -0.3 is 4.42 Å². The maximum atomic E-state index is 12.3. The first-order chi connectivity index (χ1) is 12.7. The van der Waals surface area contributed by atoms with Crippen LogP contribution in [-0.4, -0.2) is 27.3 Å². The molecule has 2 heterocycles. The summed E-state index contributed by atoms with van der Waals surface area (Å²) in [6.07, 6.45) is 2.55. The van der Waals surface area contributed by atoms with Crippen LogP contribution >= 0.6 is 23.1 Å². The minimum absolute atomic E-state index is 0.0741. The van der Waals surface area contributed by atoms with E-state index in [2.05, 4.69) is 20.5 Å². The Kier molecular flexibility index (Phi) is 4.68. The summed E-state index contributed by atoms with van der Waals surface area (Å²) in [7, 11) is 0. The molecule has 0 unspecified atom stereocenters. The molecule has 4 rings (SSSR count). The second-order valence-corrected chi connectivity index (χ2v) is 7.38. The molecule has 6 nitrogen and oxygen atoms in total. The van der Waals surface area contributed by atoms with Crippen molar-refractivity contribution in [2.75, 3.05) is 11.6 Å². The third-order valence-electron chi connectivity index (χ3n) is 3.69. The average molecular weight is 382 g/mol. The van der Waals surface area contributed by atoms with Gasteiger partial charge in [0, 0.05) is 4.90 Å². The number of anilines is 1. The number of carbonyl (C=O) groups excluding carboxylic acids is 1. The molecule has 8 heteroatoms. The minimum atomic E-state index is -0.356. The molecule has 1 amide bonds. The van der Waals surface area contributed by atoms with E-state index in [0.717, 1.165) is 15.8 Å². The number of amides is 1. The highest BCUT2D eigenvalue weighted by Crippen LogP contribution is 2.22. The molecule has 0 saturated carbocycles. The molecule has 0 radical (unpaired) electrons. The van der Waals surface area contributed by atoms with Crippen molar-refractivity contribution < 1.29 is 9.21 Å². The standard InChI is InChI=1S/C18H14N4O2S2/c1-25-12-8-6-11(7-9-12)10-15-21-22-18(24-15)20-16(23)17-19-13-4-2-3-5-14(13)26-17/h2-9H,10H2,1H3,(H,20,22,23). The topological polar surface area (TPSA) is 80.9 Å². The summed E-state index contributed by atoms with van der Waals surface area (Å²) in [5, 5.41) is 10.8. The van der Waals surface area contributed by atoms with Gasteiger partial charge in [-0.2, -0.15) is 0 Å². The first-order valence-electron chi connectivity index (χ1n) is 7.83. The normalized spacial score (nSPS) is 11.0. The number of fused-ring (bicyclic) bond motifs is 1. The van der Waals surface area contributed by atoms with E-state index in [-0.39, 0.29) is 11.9 Å². The summed E-state index contributed by atoms with van der Waals surface area (Å²) in [6, 6.07) is 15.8. The molecular formula is C18H14N4O2S2. The van der Waals surface area contributed by atoms with Gasteiger partial charge >= 0.3 is 6.01 Å². The molecule has 0 atom stereocenters. The van der Waals surface area contributed by atoms with Gasteiger partial charge in [0.1, 0.15) is 0 Å². The smallest absolute Gasteiger partial charge is 0.322 e. The van der Waals surface area contributed by atoms with E-state index < -0.39 is 0 Å². The van der Waals surface area contributed by atoms with Crippen molar-refractivity contribution in [3.05, 3.63) is 65.0 Å². The Morgan fingerprint density at radius 1 is 1.15 bits per heavy atom. The number of thioether (sulfide) groups is 1. The van der Waals surface area contributed by atoms with Crippen LogP contribution < -0.4 is 5.32 Å². The molecular weight excluding hydrogens is 368 g/mol. The first kappa shape index (κ1) is 16.7. The van der Waals surface area contributed by atoms with E-state index in [0.29, 0.717) is 17.3 Å². The number of carbonyl (C=O) groups is 1. The molecule has 0 aliphatic heterocycles. The predicted molar refractivity (Wildman–Crippen MR) is 103 cm³/mol. The summed E-state index contributed by atoms with van der Waals surface area (Å²) in [6.45, 7) is 0. The van der Waals surface area contributed by atoms with Gasteiger partial charge in [0.2, 0.25) is 5.89 Å². The molecule has 0 aliphatic carbocycles. The number of rotatable bonds is 5. The van der Waals surface area contributed by atoms with Crippen molar-refractivity contribution in [3.8, 4) is 0 Å². The SMILES string of the molecule is CSc1ccc(Cc2nnc(NC(=O)c3nc4ccccc4s3)o2)cc1. The van der Waals surface area contributed by atoms with E-state index in [1.54, 1.807) is 11.8 Å². The quantitative estimate of drug-likeness (QED) is 0.520. The van der Waals surface area contributed by atoms with Crippen LogP contribution in [0.25, 0.3) is 10.2 Å². The average Bonchev–Trinajstić information content (AvgIpc) is 3.29. The maximum Gasteiger partial charge on any atom is 0.322 e. The number of aromatic nitrogens is 3. The highest BCUT2D eigenvalue weighted by atomic mass is 32.2. The third kappa shape index (κ3) is 3.61. The monoisotopic (exact) mass is 382 g/mol. The lowest BCUT2D eigenvalue weighted by molar-refractivity contribution is 0.102. The molecule has 0 aliphatic rings. The molecule has 0 bridgehead atoms. The molecule has 4 aromatic rings. The number of hydrogen-bond donors (Lipinski definition) is 1. The van der Waals surface area contributed by atoms with E-state index in [4.69, 9.17) is 4.42 Å². The van der Waals surface area contributed by atoms with Crippen molar-refractivity contribution in [1.82, 2.24) is 15.2 Å². The molecule has 0 saturated heterocycles. The number of benzene rings is 2. The highest BCUT2D eigenvalue weighted by molar-refractivity contribution is 7.98. The van der Waals surface area contributed by atoms with Crippen molar-refractivity contribution in [3.63, 3.8) is 0 Å². The zero-order chi connectivity index (χ0) is 17.9. The minimum Gasteiger partial charge on any atom is -0.407 e. The zero-order valence-electron chi connectivity index (χ0n) is 13.8. The Morgan fingerprint density at radius 3 is 2.73 bits per heavy atom. The lowest BCUT2D eigenvalue weighted by Crippen LogP contribution is -2.11. The fraction of sp³-hybridized carbons (Fsp3) is 0.111. The fourth-order valence-electron chi connectivity index (χ4n) is 2.41. The van der Waals surface area contributed by atoms with Gasteiger partial charge in [0.15, 0.2) is 5.01 Å². The molecule has 1 N–H and O–H groups in total. The van der Waals surface area contributed by atoms with E-state index >= 15 is 0 Å². The fourth-order valence-corrected chi connectivity index (χ4v) is 3.68. The third-order valence-corrected chi connectivity index (χ3v) is 5.47. The lowest BCUT2D eigenvalue weighted by Gasteiger charge is -1.99. The van der Waals surface area contributed by atoms with Crippen LogP contribution in [0.1, 0.15) is 21.3 Å². The number of para-hydroxylation sites is 1.